The second-order valence-electron chi connectivity index (χ2n) is 5.48. The van der Waals surface area contributed by atoms with Crippen LogP contribution >= 0.6 is 0 Å². The van der Waals surface area contributed by atoms with Gasteiger partial charge in [0, 0.05) is 5.92 Å². The van der Waals surface area contributed by atoms with E-state index < -0.39 is 35.9 Å². The Kier molecular flexibility index (Phi) is 6.05. The largest absolute Gasteiger partial charge is 0.292 e. The van der Waals surface area contributed by atoms with Gasteiger partial charge in [-0.2, -0.15) is 26.8 Å². The smallest absolute Gasteiger partial charge is 0.284 e. The molecule has 1 aliphatic carbocycles. The van der Waals surface area contributed by atoms with Gasteiger partial charge in [-0.25, -0.2) is 9.59 Å². The first-order chi connectivity index (χ1) is 13.0. The van der Waals surface area contributed by atoms with Gasteiger partial charge in [-0.3, -0.25) is 9.11 Å². The quantitative estimate of drug-likeness (QED) is 0.394. The topological polar surface area (TPSA) is 168 Å². The van der Waals surface area contributed by atoms with Crippen LogP contribution in [0.3, 0.4) is 0 Å². The number of aliphatic imine (C=N–C) groups is 2. The second kappa shape index (κ2) is 7.95. The van der Waals surface area contributed by atoms with Crippen molar-refractivity contribution >= 4 is 44.2 Å². The van der Waals surface area contributed by atoms with E-state index in [1.165, 1.54) is 36.4 Å². The molecule has 0 heterocycles. The van der Waals surface area contributed by atoms with E-state index in [-0.39, 0.29) is 0 Å². The SMILES string of the molecule is O=C=NC1=CC(S(=O)(=O)O)(S(=O)(=O)O)C(C=Cc2ccc(N=C=O)cc2)C=C1. The molecule has 1 atom stereocenters. The molecule has 146 valence electrons. The summed E-state index contributed by atoms with van der Waals surface area (Å²) < 4.78 is 63.8. The van der Waals surface area contributed by atoms with Gasteiger partial charge in [-0.15, -0.1) is 0 Å². The predicted molar refractivity (Wildman–Crippen MR) is 97.9 cm³/mol. The number of rotatable bonds is 6. The second-order valence-corrected chi connectivity index (χ2v) is 8.99. The predicted octanol–water partition coefficient (Wildman–Crippen LogP) is 1.54. The van der Waals surface area contributed by atoms with Gasteiger partial charge in [0.15, 0.2) is 0 Å². The molecular weight excluding hydrogens is 412 g/mol. The molecule has 0 fully saturated rings. The zero-order chi connectivity index (χ0) is 21.0. The van der Waals surface area contributed by atoms with Crippen LogP contribution < -0.4 is 0 Å². The molecular formula is C16H12N2O8S2. The Labute approximate surface area is 159 Å². The maximum atomic E-state index is 12.0. The summed E-state index contributed by atoms with van der Waals surface area (Å²) in [5, 5.41) is 0. The zero-order valence-corrected chi connectivity index (χ0v) is 15.5. The van der Waals surface area contributed by atoms with Crippen molar-refractivity contribution in [2.45, 2.75) is 4.08 Å². The molecule has 0 radical (unpaired) electrons. The van der Waals surface area contributed by atoms with E-state index in [4.69, 9.17) is 0 Å². The molecule has 10 nitrogen and oxygen atoms in total. The molecule has 0 aliphatic heterocycles. The first kappa shape index (κ1) is 21.3. The zero-order valence-electron chi connectivity index (χ0n) is 13.8. The van der Waals surface area contributed by atoms with E-state index in [0.29, 0.717) is 17.3 Å². The minimum atomic E-state index is -5.43. The molecule has 12 heteroatoms. The fourth-order valence-corrected chi connectivity index (χ4v) is 5.17. The van der Waals surface area contributed by atoms with Crippen molar-refractivity contribution in [3.05, 3.63) is 59.8 Å². The Hall–Kier alpha value is -2.98. The maximum absolute atomic E-state index is 12.0. The molecule has 1 aromatic carbocycles. The fraction of sp³-hybridized carbons (Fsp3) is 0.125. The highest BCUT2D eigenvalue weighted by Crippen LogP contribution is 2.40. The monoisotopic (exact) mass is 424 g/mol. The Morgan fingerprint density at radius 2 is 1.54 bits per heavy atom. The van der Waals surface area contributed by atoms with Crippen LogP contribution in [0.25, 0.3) is 6.08 Å². The normalized spacial score (nSPS) is 18.8. The van der Waals surface area contributed by atoms with Gasteiger partial charge in [0.2, 0.25) is 12.2 Å². The van der Waals surface area contributed by atoms with Crippen molar-refractivity contribution in [1.82, 2.24) is 0 Å². The molecule has 1 aliphatic rings. The summed E-state index contributed by atoms with van der Waals surface area (Å²) >= 11 is 0. The lowest BCUT2D eigenvalue weighted by atomic mass is 9.96. The molecule has 0 saturated carbocycles. The average Bonchev–Trinajstić information content (AvgIpc) is 2.60. The number of carbonyl (C=O) groups excluding carboxylic acids is 2. The van der Waals surface area contributed by atoms with Crippen molar-refractivity contribution in [2.75, 3.05) is 0 Å². The Morgan fingerprint density at radius 1 is 0.964 bits per heavy atom. The van der Waals surface area contributed by atoms with E-state index in [0.717, 1.165) is 24.3 Å². The molecule has 0 amide bonds. The Balaban J connectivity index is 2.59. The lowest BCUT2D eigenvalue weighted by Gasteiger charge is -2.31. The van der Waals surface area contributed by atoms with Crippen LogP contribution in [0, 0.1) is 5.92 Å². The summed E-state index contributed by atoms with van der Waals surface area (Å²) in [6, 6.07) is 5.91. The molecule has 1 aromatic rings. The Bertz CT molecular complexity index is 1130. The molecule has 2 rings (SSSR count). The summed E-state index contributed by atoms with van der Waals surface area (Å²) in [4.78, 5) is 27.2. The van der Waals surface area contributed by atoms with E-state index in [9.17, 15) is 35.5 Å². The van der Waals surface area contributed by atoms with Crippen molar-refractivity contribution in [3.8, 4) is 0 Å². The van der Waals surface area contributed by atoms with Gasteiger partial charge >= 0.3 is 0 Å². The van der Waals surface area contributed by atoms with Gasteiger partial charge in [0.1, 0.15) is 0 Å². The van der Waals surface area contributed by atoms with Crippen LogP contribution in [0.2, 0.25) is 0 Å². The first-order valence-electron chi connectivity index (χ1n) is 7.34. The number of allylic oxidation sites excluding steroid dienone is 3. The van der Waals surface area contributed by atoms with Crippen molar-refractivity contribution in [1.29, 1.82) is 0 Å². The van der Waals surface area contributed by atoms with Crippen LogP contribution in [-0.4, -0.2) is 42.2 Å². The lowest BCUT2D eigenvalue weighted by molar-refractivity contribution is 0.424. The number of nitrogens with zero attached hydrogens (tertiary/aromatic N) is 2. The van der Waals surface area contributed by atoms with Gasteiger partial charge in [0.25, 0.3) is 24.3 Å². The Morgan fingerprint density at radius 3 is 2.04 bits per heavy atom. The molecule has 0 saturated heterocycles. The van der Waals surface area contributed by atoms with E-state index >= 15 is 0 Å². The third-order valence-electron chi connectivity index (χ3n) is 3.83. The summed E-state index contributed by atoms with van der Waals surface area (Å²) in [7, 11) is -10.9. The van der Waals surface area contributed by atoms with E-state index in [2.05, 4.69) is 9.98 Å². The van der Waals surface area contributed by atoms with Gasteiger partial charge in [-0.1, -0.05) is 30.4 Å². The first-order valence-corrected chi connectivity index (χ1v) is 10.2. The highest BCUT2D eigenvalue weighted by Gasteiger charge is 2.58. The van der Waals surface area contributed by atoms with Crippen molar-refractivity contribution in [3.63, 3.8) is 0 Å². The molecule has 0 aromatic heterocycles. The molecule has 2 N–H and O–H groups in total. The highest BCUT2D eigenvalue weighted by molar-refractivity contribution is 8.05. The number of hydrogen-bond donors (Lipinski definition) is 2. The number of hydrogen-bond acceptors (Lipinski definition) is 8. The summed E-state index contributed by atoms with van der Waals surface area (Å²) in [6.07, 6.45) is 7.56. The van der Waals surface area contributed by atoms with Crippen LogP contribution in [0.4, 0.5) is 5.69 Å². The van der Waals surface area contributed by atoms with E-state index in [1.54, 1.807) is 0 Å². The maximum Gasteiger partial charge on any atom is 0.292 e. The molecule has 0 spiro atoms. The number of isocyanates is 2. The molecule has 0 bridgehead atoms. The van der Waals surface area contributed by atoms with Crippen LogP contribution in [-0.2, 0) is 29.8 Å². The van der Waals surface area contributed by atoms with Crippen molar-refractivity contribution in [2.24, 2.45) is 15.9 Å². The summed E-state index contributed by atoms with van der Waals surface area (Å²) in [5.74, 6) is -1.56. The standard InChI is InChI=1S/C16H12N2O8S2/c19-10-17-14-6-2-12(3-7-14)1-4-13-5-8-15(18-11-20)9-16(13,27(21,22)23)28(24,25)26/h1-9,13H,(H,21,22,23)(H,24,25,26). The van der Waals surface area contributed by atoms with Crippen molar-refractivity contribution < 1.29 is 35.5 Å². The summed E-state index contributed by atoms with van der Waals surface area (Å²) in [6.45, 7) is 0. The van der Waals surface area contributed by atoms with Gasteiger partial charge in [0.05, 0.1) is 11.4 Å². The van der Waals surface area contributed by atoms with Gasteiger partial charge < -0.3 is 0 Å². The average molecular weight is 424 g/mol. The van der Waals surface area contributed by atoms with Gasteiger partial charge in [-0.05, 0) is 29.8 Å². The van der Waals surface area contributed by atoms with Crippen LogP contribution in [0.15, 0.2) is 64.3 Å². The minimum Gasteiger partial charge on any atom is -0.284 e. The molecule has 28 heavy (non-hydrogen) atoms. The third-order valence-corrected chi connectivity index (χ3v) is 7.49. The van der Waals surface area contributed by atoms with E-state index in [1.807, 2.05) is 0 Å². The highest BCUT2D eigenvalue weighted by atomic mass is 32.3. The minimum absolute atomic E-state index is 0.314. The summed E-state index contributed by atoms with van der Waals surface area (Å²) in [5.41, 5.74) is 0.360. The molecule has 1 unspecified atom stereocenters. The van der Waals surface area contributed by atoms with Crippen LogP contribution in [0.1, 0.15) is 5.56 Å². The third kappa shape index (κ3) is 4.12. The lowest BCUT2D eigenvalue weighted by Crippen LogP contribution is -2.50. The number of benzene rings is 1. The fourth-order valence-electron chi connectivity index (χ4n) is 2.56. The van der Waals surface area contributed by atoms with Crippen LogP contribution in [0.5, 0.6) is 0 Å².